The monoisotopic (exact) mass is 279 g/mol. The lowest BCUT2D eigenvalue weighted by molar-refractivity contribution is 0.101. The predicted octanol–water partition coefficient (Wildman–Crippen LogP) is 1.95. The van der Waals surface area contributed by atoms with Crippen LogP contribution >= 0.6 is 0 Å². The Balaban J connectivity index is 2.30. The van der Waals surface area contributed by atoms with E-state index >= 15 is 0 Å². The lowest BCUT2D eigenvalue weighted by Crippen LogP contribution is -2.17. The molecule has 0 aliphatic carbocycles. The normalized spacial score (nSPS) is 11.5. The molecule has 0 saturated carbocycles. The molecule has 0 saturated heterocycles. The van der Waals surface area contributed by atoms with E-state index in [0.29, 0.717) is 11.5 Å². The summed E-state index contributed by atoms with van der Waals surface area (Å²) in [4.78, 5) is 12.2. The number of nitrogens with zero attached hydrogens (tertiary/aromatic N) is 1. The second-order valence-electron chi connectivity index (χ2n) is 4.19. The zero-order chi connectivity index (χ0) is 14.0. The van der Waals surface area contributed by atoms with Crippen LogP contribution in [0.3, 0.4) is 0 Å². The highest BCUT2D eigenvalue weighted by atomic mass is 32.2. The Morgan fingerprint density at radius 3 is 2.37 bits per heavy atom. The minimum Gasteiger partial charge on any atom is -0.361 e. The van der Waals surface area contributed by atoms with Gasteiger partial charge in [-0.25, -0.2) is 8.42 Å². The number of Topliss-reactive ketones (excluding diaryl/α,β-unsaturated/α-hetero) is 1. The van der Waals surface area contributed by atoms with Gasteiger partial charge >= 0.3 is 0 Å². The van der Waals surface area contributed by atoms with Gasteiger partial charge < -0.3 is 4.52 Å². The molecule has 0 aliphatic heterocycles. The quantitative estimate of drug-likeness (QED) is 0.799. The summed E-state index contributed by atoms with van der Waals surface area (Å²) >= 11 is 0. The van der Waals surface area contributed by atoms with E-state index in [0.717, 1.165) is 0 Å². The first-order valence-corrected chi connectivity index (χ1v) is 7.31. The summed E-state index contributed by atoms with van der Waals surface area (Å²) in [7, 11) is -3.64. The van der Waals surface area contributed by atoms with Gasteiger partial charge in [0.05, 0.1) is 16.2 Å². The van der Waals surface area contributed by atoms with Gasteiger partial charge in [-0.05, 0) is 26.0 Å². The molecule has 0 atom stereocenters. The summed E-state index contributed by atoms with van der Waals surface area (Å²) in [6.07, 6.45) is 0. The van der Waals surface area contributed by atoms with Gasteiger partial charge in [0, 0.05) is 0 Å². The highest BCUT2D eigenvalue weighted by molar-refractivity contribution is 7.92. The summed E-state index contributed by atoms with van der Waals surface area (Å²) in [5, 5.41) is 3.65. The van der Waals surface area contributed by atoms with Crippen LogP contribution in [-0.2, 0) is 9.84 Å². The van der Waals surface area contributed by atoms with Gasteiger partial charge in [0.15, 0.2) is 15.6 Å². The van der Waals surface area contributed by atoms with Gasteiger partial charge in [-0.15, -0.1) is 0 Å². The Hall–Kier alpha value is -1.95. The fourth-order valence-corrected chi connectivity index (χ4v) is 3.06. The first-order valence-electron chi connectivity index (χ1n) is 5.65. The van der Waals surface area contributed by atoms with Crippen molar-refractivity contribution in [3.05, 3.63) is 47.3 Å². The number of carbonyl (C=O) groups is 1. The number of carbonyl (C=O) groups excluding carboxylic acids is 1. The van der Waals surface area contributed by atoms with Crippen LogP contribution in [0.5, 0.6) is 0 Å². The molecule has 0 N–H and O–H groups in total. The third-order valence-corrected chi connectivity index (χ3v) is 4.37. The molecule has 0 spiro atoms. The van der Waals surface area contributed by atoms with Gasteiger partial charge in [0.1, 0.15) is 11.5 Å². The minimum atomic E-state index is -3.64. The van der Waals surface area contributed by atoms with E-state index < -0.39 is 21.4 Å². The van der Waals surface area contributed by atoms with Crippen molar-refractivity contribution in [1.82, 2.24) is 5.16 Å². The first kappa shape index (κ1) is 13.5. The summed E-state index contributed by atoms with van der Waals surface area (Å²) < 4.78 is 29.0. The SMILES string of the molecule is Cc1noc(C)c1C(=O)CS(=O)(=O)c1ccccc1. The van der Waals surface area contributed by atoms with E-state index in [-0.39, 0.29) is 10.5 Å². The maximum absolute atomic E-state index is 12.1. The van der Waals surface area contributed by atoms with Gasteiger partial charge in [-0.3, -0.25) is 4.79 Å². The van der Waals surface area contributed by atoms with Crippen LogP contribution in [0.4, 0.5) is 0 Å². The number of aromatic nitrogens is 1. The molecular formula is C13H13NO4S. The smallest absolute Gasteiger partial charge is 0.185 e. The number of rotatable bonds is 4. The van der Waals surface area contributed by atoms with Gasteiger partial charge in [-0.2, -0.15) is 0 Å². The van der Waals surface area contributed by atoms with Crippen molar-refractivity contribution < 1.29 is 17.7 Å². The molecule has 0 amide bonds. The van der Waals surface area contributed by atoms with Crippen LogP contribution in [0, 0.1) is 13.8 Å². The van der Waals surface area contributed by atoms with E-state index in [4.69, 9.17) is 4.52 Å². The second kappa shape index (κ2) is 4.97. The number of sulfone groups is 1. The molecule has 100 valence electrons. The van der Waals surface area contributed by atoms with E-state index in [1.807, 2.05) is 0 Å². The number of hydrogen-bond donors (Lipinski definition) is 0. The van der Waals surface area contributed by atoms with Crippen molar-refractivity contribution in [3.63, 3.8) is 0 Å². The van der Waals surface area contributed by atoms with Crippen LogP contribution in [-0.4, -0.2) is 25.1 Å². The number of ketones is 1. The maximum atomic E-state index is 12.1. The van der Waals surface area contributed by atoms with E-state index in [1.165, 1.54) is 12.1 Å². The first-order chi connectivity index (χ1) is 8.92. The molecule has 0 radical (unpaired) electrons. The van der Waals surface area contributed by atoms with Crippen molar-refractivity contribution in [1.29, 1.82) is 0 Å². The maximum Gasteiger partial charge on any atom is 0.185 e. The number of benzene rings is 1. The highest BCUT2D eigenvalue weighted by Gasteiger charge is 2.24. The van der Waals surface area contributed by atoms with Crippen molar-refractivity contribution in [2.75, 3.05) is 5.75 Å². The third-order valence-electron chi connectivity index (χ3n) is 2.74. The van der Waals surface area contributed by atoms with Gasteiger partial charge in [0.25, 0.3) is 0 Å². The van der Waals surface area contributed by atoms with Crippen LogP contribution in [0.25, 0.3) is 0 Å². The van der Waals surface area contributed by atoms with Crippen molar-refractivity contribution in [2.45, 2.75) is 18.7 Å². The average Bonchev–Trinajstić information content (AvgIpc) is 2.69. The fourth-order valence-electron chi connectivity index (χ4n) is 1.84. The largest absolute Gasteiger partial charge is 0.361 e. The summed E-state index contributed by atoms with van der Waals surface area (Å²) in [5.41, 5.74) is 0.658. The number of hydrogen-bond acceptors (Lipinski definition) is 5. The van der Waals surface area contributed by atoms with Gasteiger partial charge in [0.2, 0.25) is 0 Å². The second-order valence-corrected chi connectivity index (χ2v) is 6.18. The fraction of sp³-hybridized carbons (Fsp3) is 0.231. The van der Waals surface area contributed by atoms with Crippen LogP contribution in [0.15, 0.2) is 39.8 Å². The highest BCUT2D eigenvalue weighted by Crippen LogP contribution is 2.17. The molecule has 2 aromatic rings. The molecule has 0 fully saturated rings. The van der Waals surface area contributed by atoms with Crippen molar-refractivity contribution in [2.24, 2.45) is 0 Å². The Morgan fingerprint density at radius 2 is 1.84 bits per heavy atom. The molecule has 6 heteroatoms. The molecule has 0 unspecified atom stereocenters. The Labute approximate surface area is 111 Å². The zero-order valence-corrected chi connectivity index (χ0v) is 11.4. The minimum absolute atomic E-state index is 0.134. The molecule has 0 aliphatic rings. The van der Waals surface area contributed by atoms with Crippen LogP contribution in [0.2, 0.25) is 0 Å². The molecule has 1 heterocycles. The van der Waals surface area contributed by atoms with Crippen LogP contribution < -0.4 is 0 Å². The van der Waals surface area contributed by atoms with Crippen molar-refractivity contribution in [3.8, 4) is 0 Å². The lowest BCUT2D eigenvalue weighted by atomic mass is 10.1. The molecule has 19 heavy (non-hydrogen) atoms. The molecular weight excluding hydrogens is 266 g/mol. The van der Waals surface area contributed by atoms with E-state index in [1.54, 1.807) is 32.0 Å². The average molecular weight is 279 g/mol. The molecule has 2 rings (SSSR count). The zero-order valence-electron chi connectivity index (χ0n) is 10.6. The molecule has 1 aromatic carbocycles. The summed E-state index contributed by atoms with van der Waals surface area (Å²) in [5.74, 6) is -0.745. The molecule has 1 aromatic heterocycles. The number of aryl methyl sites for hydroxylation is 2. The predicted molar refractivity (Wildman–Crippen MR) is 68.8 cm³/mol. The third kappa shape index (κ3) is 2.73. The summed E-state index contributed by atoms with van der Waals surface area (Å²) in [6, 6.07) is 7.89. The topological polar surface area (TPSA) is 77.2 Å². The van der Waals surface area contributed by atoms with E-state index in [2.05, 4.69) is 5.16 Å². The standard InChI is InChI=1S/C13H13NO4S/c1-9-13(10(2)18-14-9)12(15)8-19(16,17)11-6-4-3-5-7-11/h3-7H,8H2,1-2H3. The Bertz CT molecular complexity index is 682. The van der Waals surface area contributed by atoms with Gasteiger partial charge in [-0.1, -0.05) is 23.4 Å². The molecule has 5 nitrogen and oxygen atoms in total. The van der Waals surface area contributed by atoms with Crippen molar-refractivity contribution >= 4 is 15.6 Å². The molecule has 0 bridgehead atoms. The summed E-state index contributed by atoms with van der Waals surface area (Å²) in [6.45, 7) is 3.20. The van der Waals surface area contributed by atoms with E-state index in [9.17, 15) is 13.2 Å². The Morgan fingerprint density at radius 1 is 1.21 bits per heavy atom. The Kier molecular flexibility index (Phi) is 3.53. The van der Waals surface area contributed by atoms with Crippen LogP contribution in [0.1, 0.15) is 21.8 Å². The lowest BCUT2D eigenvalue weighted by Gasteiger charge is -2.03.